The first-order valence-electron chi connectivity index (χ1n) is 16.4. The molecule has 0 atom stereocenters. The third-order valence-electron chi connectivity index (χ3n) is 7.15. The van der Waals surface area contributed by atoms with Crippen molar-refractivity contribution >= 4 is 41.1 Å². The standard InChI is InChI=1S/C32H36N8O4.2C2HF3O2/c1-19(2)39-30-32(43)40(18-28(41)36-15-20-4-8-22(9-5-20)29(34)35)27(17-37-30)23-12-24(14-25(33)13-23)31(42)38-16-21-6-10-26(44-3)11-7-21;2*3-2(4,5)1(6)7/h4-14,17,19H,15-16,18,33H2,1-3H3,(H3,34,35)(H,36,41)(H,37,39)(H,38,42);2*(H,6,7). The van der Waals surface area contributed by atoms with E-state index in [1.807, 2.05) is 38.1 Å². The summed E-state index contributed by atoms with van der Waals surface area (Å²) in [4.78, 5) is 61.8. The summed E-state index contributed by atoms with van der Waals surface area (Å²) >= 11 is 0. The normalized spacial score (nSPS) is 10.9. The van der Waals surface area contributed by atoms with Crippen LogP contribution in [-0.4, -0.2) is 74.9 Å². The highest BCUT2D eigenvalue weighted by Crippen LogP contribution is 2.24. The van der Waals surface area contributed by atoms with Gasteiger partial charge in [0, 0.05) is 41.5 Å². The fourth-order valence-corrected chi connectivity index (χ4v) is 4.41. The smallest absolute Gasteiger partial charge is 0.490 e. The number of anilines is 2. The lowest BCUT2D eigenvalue weighted by Gasteiger charge is -2.17. The summed E-state index contributed by atoms with van der Waals surface area (Å²) < 4.78 is 70.0. The van der Waals surface area contributed by atoms with Gasteiger partial charge < -0.3 is 42.4 Å². The maximum absolute atomic E-state index is 13.5. The Hall–Kier alpha value is -7.13. The lowest BCUT2D eigenvalue weighted by molar-refractivity contribution is -0.193. The van der Waals surface area contributed by atoms with Gasteiger partial charge in [-0.25, -0.2) is 14.6 Å². The van der Waals surface area contributed by atoms with Gasteiger partial charge in [-0.3, -0.25) is 24.4 Å². The van der Waals surface area contributed by atoms with E-state index in [4.69, 9.17) is 41.4 Å². The van der Waals surface area contributed by atoms with Gasteiger partial charge in [0.15, 0.2) is 5.82 Å². The molecule has 1 heterocycles. The molecule has 0 aliphatic rings. The van der Waals surface area contributed by atoms with Crippen molar-refractivity contribution in [1.29, 1.82) is 5.41 Å². The highest BCUT2D eigenvalue weighted by Gasteiger charge is 2.39. The highest BCUT2D eigenvalue weighted by molar-refractivity contribution is 5.96. The van der Waals surface area contributed by atoms with Crippen LogP contribution in [-0.2, 0) is 34.0 Å². The zero-order chi connectivity index (χ0) is 44.0. The number of nitrogen functional groups attached to an aromatic ring is 2. The van der Waals surface area contributed by atoms with E-state index in [0.29, 0.717) is 28.3 Å². The Balaban J connectivity index is 0.000000707. The minimum atomic E-state index is -5.08. The third kappa shape index (κ3) is 15.2. The van der Waals surface area contributed by atoms with Gasteiger partial charge in [-0.15, -0.1) is 0 Å². The number of alkyl halides is 6. The Labute approximate surface area is 325 Å². The topological polar surface area (TPSA) is 265 Å². The van der Waals surface area contributed by atoms with Gasteiger partial charge in [-0.2, -0.15) is 26.3 Å². The lowest BCUT2D eigenvalue weighted by Crippen LogP contribution is -2.35. The monoisotopic (exact) mass is 824 g/mol. The SMILES string of the molecule is COc1ccc(CNC(=O)c2cc(N)cc(-c3cnc(NC(C)C)c(=O)n3CC(=O)NCc3ccc(C(=N)N)cc3)c2)cc1.O=C(O)C(F)(F)F.O=C(O)C(F)(F)F. The molecule has 3 aromatic carbocycles. The maximum atomic E-state index is 13.5. The molecular weight excluding hydrogens is 786 g/mol. The number of carbonyl (C=O) groups is 4. The molecular formula is C36H38F6N8O8. The fraction of sp³-hybridized carbons (Fsp3) is 0.250. The summed E-state index contributed by atoms with van der Waals surface area (Å²) in [5, 5.41) is 30.5. The average Bonchev–Trinajstić information content (AvgIpc) is 3.14. The van der Waals surface area contributed by atoms with Crippen molar-refractivity contribution in [2.45, 2.75) is 51.9 Å². The van der Waals surface area contributed by atoms with Gasteiger partial charge in [0.2, 0.25) is 5.91 Å². The number of nitrogens with one attached hydrogen (secondary N) is 4. The number of halogens is 6. The summed E-state index contributed by atoms with van der Waals surface area (Å²) in [6.07, 6.45) is -8.69. The second-order valence-corrected chi connectivity index (χ2v) is 12.0. The second-order valence-electron chi connectivity index (χ2n) is 12.0. The molecule has 312 valence electrons. The molecule has 4 aromatic rings. The summed E-state index contributed by atoms with van der Waals surface area (Å²) in [6, 6.07) is 19.0. The Morgan fingerprint density at radius 3 is 1.81 bits per heavy atom. The predicted octanol–water partition coefficient (Wildman–Crippen LogP) is 4.12. The molecule has 0 fully saturated rings. The van der Waals surface area contributed by atoms with Crippen LogP contribution in [0.3, 0.4) is 0 Å². The lowest BCUT2D eigenvalue weighted by atomic mass is 10.1. The Morgan fingerprint density at radius 2 is 1.34 bits per heavy atom. The van der Waals surface area contributed by atoms with Crippen molar-refractivity contribution < 1.29 is 60.5 Å². The minimum absolute atomic E-state index is 0.0459. The van der Waals surface area contributed by atoms with E-state index >= 15 is 0 Å². The van der Waals surface area contributed by atoms with Gasteiger partial charge in [-0.05, 0) is 55.3 Å². The molecule has 0 saturated heterocycles. The summed E-state index contributed by atoms with van der Waals surface area (Å²) in [5.74, 6) is -5.52. The molecule has 0 radical (unpaired) electrons. The quantitative estimate of drug-likeness (QED) is 0.0434. The van der Waals surface area contributed by atoms with E-state index in [2.05, 4.69) is 20.9 Å². The number of aromatic nitrogens is 2. The summed E-state index contributed by atoms with van der Waals surface area (Å²) in [6.45, 7) is 3.94. The highest BCUT2D eigenvalue weighted by atomic mass is 19.4. The van der Waals surface area contributed by atoms with Gasteiger partial charge in [0.25, 0.3) is 11.5 Å². The largest absolute Gasteiger partial charge is 0.497 e. The molecule has 10 N–H and O–H groups in total. The second kappa shape index (κ2) is 20.7. The first-order chi connectivity index (χ1) is 26.9. The zero-order valence-corrected chi connectivity index (χ0v) is 30.8. The number of rotatable bonds is 12. The van der Waals surface area contributed by atoms with E-state index in [1.54, 1.807) is 49.6 Å². The first kappa shape index (κ1) is 47.0. The molecule has 0 bridgehead atoms. The number of benzene rings is 3. The number of carbonyl (C=O) groups excluding carboxylic acids is 2. The van der Waals surface area contributed by atoms with Crippen LogP contribution in [0.2, 0.25) is 0 Å². The van der Waals surface area contributed by atoms with Crippen molar-refractivity contribution in [2.24, 2.45) is 5.73 Å². The molecule has 0 aliphatic carbocycles. The van der Waals surface area contributed by atoms with Crippen molar-refractivity contribution in [3.05, 3.63) is 106 Å². The third-order valence-corrected chi connectivity index (χ3v) is 7.15. The number of amides is 2. The average molecular weight is 825 g/mol. The van der Waals surface area contributed by atoms with Crippen molar-refractivity contribution in [1.82, 2.24) is 20.2 Å². The van der Waals surface area contributed by atoms with Crippen molar-refractivity contribution in [3.63, 3.8) is 0 Å². The van der Waals surface area contributed by atoms with Crippen LogP contribution < -0.4 is 37.7 Å². The number of carboxylic acids is 2. The molecule has 4 rings (SSSR count). The maximum Gasteiger partial charge on any atom is 0.490 e. The Morgan fingerprint density at radius 1 is 0.845 bits per heavy atom. The number of ether oxygens (including phenoxy) is 1. The molecule has 0 aliphatic heterocycles. The molecule has 58 heavy (non-hydrogen) atoms. The number of amidine groups is 1. The van der Waals surface area contributed by atoms with Gasteiger partial charge >= 0.3 is 24.3 Å². The van der Waals surface area contributed by atoms with E-state index in [1.165, 1.54) is 10.8 Å². The Bertz CT molecular complexity index is 2120. The summed E-state index contributed by atoms with van der Waals surface area (Å²) in [7, 11) is 1.58. The number of nitrogens with zero attached hydrogens (tertiary/aromatic N) is 2. The van der Waals surface area contributed by atoms with Crippen LogP contribution in [0, 0.1) is 5.41 Å². The summed E-state index contributed by atoms with van der Waals surface area (Å²) in [5.41, 5.74) is 14.8. The number of methoxy groups -OCH3 is 1. The van der Waals surface area contributed by atoms with E-state index in [0.717, 1.165) is 11.1 Å². The molecule has 2 amide bonds. The van der Waals surface area contributed by atoms with Gasteiger partial charge in [-0.1, -0.05) is 36.4 Å². The molecule has 1 aromatic heterocycles. The van der Waals surface area contributed by atoms with Crippen LogP contribution in [0.4, 0.5) is 37.8 Å². The molecule has 16 nitrogen and oxygen atoms in total. The van der Waals surface area contributed by atoms with E-state index in [-0.39, 0.29) is 48.8 Å². The minimum Gasteiger partial charge on any atom is -0.497 e. The van der Waals surface area contributed by atoms with Crippen LogP contribution in [0.25, 0.3) is 11.3 Å². The van der Waals surface area contributed by atoms with E-state index in [9.17, 15) is 40.7 Å². The van der Waals surface area contributed by atoms with E-state index < -0.39 is 35.8 Å². The molecule has 22 heteroatoms. The molecule has 0 saturated carbocycles. The van der Waals surface area contributed by atoms with Crippen molar-refractivity contribution in [3.8, 4) is 17.0 Å². The number of hydrogen-bond acceptors (Lipinski definition) is 10. The zero-order valence-electron chi connectivity index (χ0n) is 30.8. The van der Waals surface area contributed by atoms with Crippen LogP contribution in [0.5, 0.6) is 5.75 Å². The fourth-order valence-electron chi connectivity index (χ4n) is 4.41. The van der Waals surface area contributed by atoms with Gasteiger partial charge in [0.1, 0.15) is 18.1 Å². The van der Waals surface area contributed by atoms with Crippen LogP contribution in [0.15, 0.2) is 77.7 Å². The Kier molecular flexibility index (Phi) is 16.8. The number of aliphatic carboxylic acids is 2. The van der Waals surface area contributed by atoms with Crippen LogP contribution in [0.1, 0.15) is 40.9 Å². The van der Waals surface area contributed by atoms with Crippen molar-refractivity contribution in [2.75, 3.05) is 18.2 Å². The van der Waals surface area contributed by atoms with Crippen LogP contribution >= 0.6 is 0 Å². The number of hydrogen-bond donors (Lipinski definition) is 8. The number of nitrogens with two attached hydrogens (primary N) is 2. The first-order valence-corrected chi connectivity index (χ1v) is 16.4. The van der Waals surface area contributed by atoms with Gasteiger partial charge in [0.05, 0.1) is 19.0 Å². The molecule has 0 spiro atoms. The molecule has 0 unspecified atom stereocenters. The number of carboxylic acid groups (broad SMARTS) is 2. The predicted molar refractivity (Wildman–Crippen MR) is 198 cm³/mol.